The Kier molecular flexibility index (Phi) is 5.25. The Morgan fingerprint density at radius 3 is 2.31 bits per heavy atom. The number of aromatic nitrogens is 1. The molecular formula is C18H17N5O3. The molecule has 26 heavy (non-hydrogen) atoms. The first-order valence-electron chi connectivity index (χ1n) is 7.83. The SMILES string of the molecule is NCNc1cccc(C(=O)Nc2cccc(NC(=O)c3ccno3)c2)c1. The van der Waals surface area contributed by atoms with Crippen LogP contribution in [0.15, 0.2) is 65.3 Å². The van der Waals surface area contributed by atoms with Gasteiger partial charge in [-0.3, -0.25) is 9.59 Å². The molecule has 2 amide bonds. The van der Waals surface area contributed by atoms with Crippen molar-refractivity contribution in [1.82, 2.24) is 5.16 Å². The molecule has 0 aliphatic heterocycles. The number of anilines is 3. The first-order chi connectivity index (χ1) is 12.7. The molecule has 0 fully saturated rings. The topological polar surface area (TPSA) is 122 Å². The lowest BCUT2D eigenvalue weighted by Gasteiger charge is -2.09. The predicted molar refractivity (Wildman–Crippen MR) is 98.0 cm³/mol. The molecule has 0 aliphatic rings. The lowest BCUT2D eigenvalue weighted by molar-refractivity contribution is 0.0986. The summed E-state index contributed by atoms with van der Waals surface area (Å²) in [5.74, 6) is -0.598. The number of amides is 2. The number of nitrogens with one attached hydrogen (secondary N) is 3. The summed E-state index contributed by atoms with van der Waals surface area (Å²) in [5.41, 5.74) is 7.75. The van der Waals surface area contributed by atoms with Gasteiger partial charge in [-0.15, -0.1) is 0 Å². The molecule has 1 heterocycles. The normalized spacial score (nSPS) is 10.2. The van der Waals surface area contributed by atoms with Gasteiger partial charge in [-0.25, -0.2) is 0 Å². The van der Waals surface area contributed by atoms with Crippen LogP contribution in [-0.2, 0) is 0 Å². The third-order valence-corrected chi connectivity index (χ3v) is 3.47. The first-order valence-corrected chi connectivity index (χ1v) is 7.83. The van der Waals surface area contributed by atoms with Crippen LogP contribution in [0.5, 0.6) is 0 Å². The standard InChI is InChI=1S/C18H17N5O3/c19-11-20-13-4-1-3-12(9-13)17(24)22-14-5-2-6-15(10-14)23-18(25)16-7-8-21-26-16/h1-10,20H,11,19H2,(H,22,24)(H,23,25). The number of hydrogen-bond acceptors (Lipinski definition) is 6. The fraction of sp³-hybridized carbons (Fsp3) is 0.0556. The molecule has 0 aliphatic carbocycles. The summed E-state index contributed by atoms with van der Waals surface area (Å²) < 4.78 is 4.80. The quantitative estimate of drug-likeness (QED) is 0.506. The van der Waals surface area contributed by atoms with Gasteiger partial charge in [0.25, 0.3) is 11.8 Å². The fourth-order valence-corrected chi connectivity index (χ4v) is 2.29. The summed E-state index contributed by atoms with van der Waals surface area (Å²) in [4.78, 5) is 24.4. The highest BCUT2D eigenvalue weighted by Crippen LogP contribution is 2.18. The molecule has 8 nitrogen and oxygen atoms in total. The number of carbonyl (C=O) groups is 2. The molecule has 0 saturated carbocycles. The van der Waals surface area contributed by atoms with Gasteiger partial charge < -0.3 is 26.2 Å². The van der Waals surface area contributed by atoms with Crippen LogP contribution in [0.4, 0.5) is 17.1 Å². The number of carbonyl (C=O) groups excluding carboxylic acids is 2. The second kappa shape index (κ2) is 7.95. The van der Waals surface area contributed by atoms with Crippen LogP contribution in [0.2, 0.25) is 0 Å². The second-order valence-electron chi connectivity index (χ2n) is 5.33. The minimum absolute atomic E-state index is 0.101. The molecule has 0 bridgehead atoms. The molecule has 0 unspecified atom stereocenters. The molecule has 2 aromatic carbocycles. The van der Waals surface area contributed by atoms with E-state index in [4.69, 9.17) is 10.3 Å². The van der Waals surface area contributed by atoms with Gasteiger partial charge in [0.1, 0.15) is 0 Å². The Labute approximate surface area is 149 Å². The predicted octanol–water partition coefficient (Wildman–Crippen LogP) is 2.51. The zero-order valence-corrected chi connectivity index (χ0v) is 13.7. The molecule has 0 saturated heterocycles. The average molecular weight is 351 g/mol. The monoisotopic (exact) mass is 351 g/mol. The Morgan fingerprint density at radius 2 is 1.62 bits per heavy atom. The van der Waals surface area contributed by atoms with Gasteiger partial charge in [0, 0.05) is 28.7 Å². The Hall–Kier alpha value is -3.65. The van der Waals surface area contributed by atoms with Crippen LogP contribution in [-0.4, -0.2) is 23.6 Å². The van der Waals surface area contributed by atoms with Gasteiger partial charge in [-0.05, 0) is 36.4 Å². The summed E-state index contributed by atoms with van der Waals surface area (Å²) in [6, 6.07) is 15.3. The summed E-state index contributed by atoms with van der Waals surface area (Å²) in [5, 5.41) is 11.9. The minimum Gasteiger partial charge on any atom is -0.373 e. The third kappa shape index (κ3) is 4.25. The molecule has 3 rings (SSSR count). The highest BCUT2D eigenvalue weighted by Gasteiger charge is 2.11. The van der Waals surface area contributed by atoms with E-state index in [1.807, 2.05) is 6.07 Å². The highest BCUT2D eigenvalue weighted by molar-refractivity contribution is 6.06. The number of nitrogens with two attached hydrogens (primary N) is 1. The van der Waals surface area contributed by atoms with Crippen LogP contribution >= 0.6 is 0 Å². The number of nitrogens with zero attached hydrogens (tertiary/aromatic N) is 1. The van der Waals surface area contributed by atoms with Crippen LogP contribution in [0.25, 0.3) is 0 Å². The van der Waals surface area contributed by atoms with E-state index < -0.39 is 5.91 Å². The fourth-order valence-electron chi connectivity index (χ4n) is 2.29. The lowest BCUT2D eigenvalue weighted by atomic mass is 10.1. The Morgan fingerprint density at radius 1 is 0.923 bits per heavy atom. The van der Waals surface area contributed by atoms with Crippen LogP contribution in [0.1, 0.15) is 20.9 Å². The summed E-state index contributed by atoms with van der Waals surface area (Å²) in [6.45, 7) is 0.276. The summed E-state index contributed by atoms with van der Waals surface area (Å²) in [7, 11) is 0. The van der Waals surface area contributed by atoms with Gasteiger partial charge in [0.2, 0.25) is 5.76 Å². The van der Waals surface area contributed by atoms with Gasteiger partial charge in [-0.1, -0.05) is 17.3 Å². The van der Waals surface area contributed by atoms with E-state index in [1.165, 1.54) is 12.3 Å². The van der Waals surface area contributed by atoms with Crippen LogP contribution in [0.3, 0.4) is 0 Å². The zero-order valence-electron chi connectivity index (χ0n) is 13.7. The van der Waals surface area contributed by atoms with Crippen LogP contribution < -0.4 is 21.7 Å². The van der Waals surface area contributed by atoms with E-state index in [9.17, 15) is 9.59 Å². The smallest absolute Gasteiger partial charge is 0.294 e. The van der Waals surface area contributed by atoms with Crippen molar-refractivity contribution in [1.29, 1.82) is 0 Å². The maximum absolute atomic E-state index is 12.4. The number of benzene rings is 2. The number of rotatable bonds is 6. The Balaban J connectivity index is 1.69. The summed E-state index contributed by atoms with van der Waals surface area (Å²) in [6.07, 6.45) is 1.39. The van der Waals surface area contributed by atoms with Gasteiger partial charge in [0.15, 0.2) is 0 Å². The van der Waals surface area contributed by atoms with E-state index in [0.717, 1.165) is 5.69 Å². The Bertz CT molecular complexity index is 909. The molecule has 0 spiro atoms. The molecule has 5 N–H and O–H groups in total. The van der Waals surface area contributed by atoms with Crippen molar-refractivity contribution in [2.24, 2.45) is 5.73 Å². The maximum atomic E-state index is 12.4. The summed E-state index contributed by atoms with van der Waals surface area (Å²) >= 11 is 0. The zero-order chi connectivity index (χ0) is 18.4. The first kappa shape index (κ1) is 17.2. The molecular weight excluding hydrogens is 334 g/mol. The highest BCUT2D eigenvalue weighted by atomic mass is 16.5. The van der Waals surface area contributed by atoms with Gasteiger partial charge in [-0.2, -0.15) is 0 Å². The van der Waals surface area contributed by atoms with E-state index in [-0.39, 0.29) is 18.3 Å². The van der Waals surface area contributed by atoms with Crippen molar-refractivity contribution >= 4 is 28.9 Å². The molecule has 3 aromatic rings. The van der Waals surface area contributed by atoms with E-state index in [2.05, 4.69) is 21.1 Å². The van der Waals surface area contributed by atoms with Crippen molar-refractivity contribution < 1.29 is 14.1 Å². The third-order valence-electron chi connectivity index (χ3n) is 3.47. The van der Waals surface area contributed by atoms with E-state index in [0.29, 0.717) is 16.9 Å². The largest absolute Gasteiger partial charge is 0.373 e. The second-order valence-corrected chi connectivity index (χ2v) is 5.33. The van der Waals surface area contributed by atoms with Crippen LogP contribution in [0, 0.1) is 0 Å². The molecule has 1 aromatic heterocycles. The number of hydrogen-bond donors (Lipinski definition) is 4. The molecule has 132 valence electrons. The average Bonchev–Trinajstić information content (AvgIpc) is 3.17. The minimum atomic E-state index is -0.425. The van der Waals surface area contributed by atoms with Crippen molar-refractivity contribution in [3.63, 3.8) is 0 Å². The van der Waals surface area contributed by atoms with Crippen molar-refractivity contribution in [3.8, 4) is 0 Å². The van der Waals surface area contributed by atoms with E-state index in [1.54, 1.807) is 42.5 Å². The van der Waals surface area contributed by atoms with Gasteiger partial charge >= 0.3 is 0 Å². The van der Waals surface area contributed by atoms with Crippen molar-refractivity contribution in [3.05, 3.63) is 72.1 Å². The molecule has 8 heteroatoms. The van der Waals surface area contributed by atoms with Crippen molar-refractivity contribution in [2.75, 3.05) is 22.6 Å². The lowest BCUT2D eigenvalue weighted by Crippen LogP contribution is -2.15. The maximum Gasteiger partial charge on any atom is 0.294 e. The van der Waals surface area contributed by atoms with Gasteiger partial charge in [0.05, 0.1) is 12.9 Å². The molecule has 0 radical (unpaired) electrons. The van der Waals surface area contributed by atoms with Crippen molar-refractivity contribution in [2.45, 2.75) is 0 Å². The van der Waals surface area contributed by atoms with E-state index >= 15 is 0 Å². The molecule has 0 atom stereocenters.